The Morgan fingerprint density at radius 1 is 0.925 bits per heavy atom. The summed E-state index contributed by atoms with van der Waals surface area (Å²) < 4.78 is 0. The van der Waals surface area contributed by atoms with E-state index < -0.39 is 0 Å². The number of carbonyl (C=O) groups excluding carboxylic acids is 1. The van der Waals surface area contributed by atoms with E-state index in [0.717, 1.165) is 51.9 Å². The summed E-state index contributed by atoms with van der Waals surface area (Å²) >= 11 is 0. The number of rotatable bonds is 7. The highest BCUT2D eigenvalue weighted by Crippen LogP contribution is 2.38. The molecule has 0 aliphatic carbocycles. The Bertz CT molecular complexity index is 1580. The second kappa shape index (κ2) is 11.3. The summed E-state index contributed by atoms with van der Waals surface area (Å²) in [5.74, 6) is 0.217. The SMILES string of the molecule is O=C(Cc1ccc(-c2cccc(-c3cc4cnccc4[nH]3)c2O)cc1)N1CCN(Cc2ccccc2)CC1CO. The number of nitrogens with one attached hydrogen (secondary N) is 1. The second-order valence-corrected chi connectivity index (χ2v) is 10.4. The van der Waals surface area contributed by atoms with Crippen LogP contribution in [0.4, 0.5) is 0 Å². The fourth-order valence-corrected chi connectivity index (χ4v) is 5.58. The van der Waals surface area contributed by atoms with Gasteiger partial charge in [0, 0.05) is 60.6 Å². The van der Waals surface area contributed by atoms with Crippen molar-refractivity contribution in [3.8, 4) is 28.1 Å². The van der Waals surface area contributed by atoms with Gasteiger partial charge in [0.1, 0.15) is 5.75 Å². The number of benzene rings is 3. The number of H-pyrrole nitrogens is 1. The van der Waals surface area contributed by atoms with Gasteiger partial charge in [-0.15, -0.1) is 0 Å². The van der Waals surface area contributed by atoms with Gasteiger partial charge in [-0.3, -0.25) is 14.7 Å². The summed E-state index contributed by atoms with van der Waals surface area (Å²) in [6.07, 6.45) is 3.80. The van der Waals surface area contributed by atoms with Crippen LogP contribution in [0.3, 0.4) is 0 Å². The number of phenols is 1. The summed E-state index contributed by atoms with van der Waals surface area (Å²) in [5, 5.41) is 22.2. The van der Waals surface area contributed by atoms with Crippen LogP contribution in [0.1, 0.15) is 11.1 Å². The van der Waals surface area contributed by atoms with Gasteiger partial charge in [0.25, 0.3) is 0 Å². The van der Waals surface area contributed by atoms with Crippen LogP contribution in [0.25, 0.3) is 33.3 Å². The minimum absolute atomic E-state index is 0.0179. The maximum Gasteiger partial charge on any atom is 0.227 e. The molecule has 1 aliphatic rings. The summed E-state index contributed by atoms with van der Waals surface area (Å²) in [7, 11) is 0. The molecule has 3 heterocycles. The molecule has 1 atom stereocenters. The molecule has 5 aromatic rings. The molecule has 1 amide bonds. The first-order chi connectivity index (χ1) is 19.6. The number of amides is 1. The van der Waals surface area contributed by atoms with Crippen molar-refractivity contribution in [1.82, 2.24) is 19.8 Å². The number of hydrogen-bond acceptors (Lipinski definition) is 5. The first-order valence-electron chi connectivity index (χ1n) is 13.6. The number of pyridine rings is 1. The van der Waals surface area contributed by atoms with Crippen molar-refractivity contribution < 1.29 is 15.0 Å². The number of aromatic amines is 1. The Hall–Kier alpha value is -4.46. The maximum atomic E-state index is 13.2. The van der Waals surface area contributed by atoms with Gasteiger partial charge in [-0.25, -0.2) is 0 Å². The number of hydrogen-bond donors (Lipinski definition) is 3. The van der Waals surface area contributed by atoms with Gasteiger partial charge in [-0.05, 0) is 34.9 Å². The van der Waals surface area contributed by atoms with Crippen molar-refractivity contribution in [2.75, 3.05) is 26.2 Å². The average molecular weight is 533 g/mol. The molecule has 1 saturated heterocycles. The standard InChI is InChI=1S/C33H32N4O3/c38-22-27-21-36(20-24-5-2-1-3-6-24)15-16-37(27)32(39)17-23-9-11-25(12-10-23)28-7-4-8-29(33(28)40)31-18-26-19-34-14-13-30(26)35-31/h1-14,18-19,27,35,38,40H,15-17,20-22H2. The predicted molar refractivity (Wildman–Crippen MR) is 157 cm³/mol. The summed E-state index contributed by atoms with van der Waals surface area (Å²) in [5.41, 5.74) is 6.23. The Morgan fingerprint density at radius 2 is 1.73 bits per heavy atom. The maximum absolute atomic E-state index is 13.2. The largest absolute Gasteiger partial charge is 0.507 e. The predicted octanol–water partition coefficient (Wildman–Crippen LogP) is 4.85. The molecule has 2 aromatic heterocycles. The van der Waals surface area contributed by atoms with E-state index in [4.69, 9.17) is 0 Å². The molecule has 40 heavy (non-hydrogen) atoms. The van der Waals surface area contributed by atoms with Crippen LogP contribution >= 0.6 is 0 Å². The van der Waals surface area contributed by atoms with Crippen molar-refractivity contribution in [2.24, 2.45) is 0 Å². The molecule has 202 valence electrons. The van der Waals surface area contributed by atoms with Crippen LogP contribution < -0.4 is 0 Å². The Labute approximate surface area is 233 Å². The molecule has 0 spiro atoms. The van der Waals surface area contributed by atoms with E-state index >= 15 is 0 Å². The van der Waals surface area contributed by atoms with Gasteiger partial charge in [0.15, 0.2) is 0 Å². The van der Waals surface area contributed by atoms with Gasteiger partial charge in [-0.2, -0.15) is 0 Å². The molecule has 7 heteroatoms. The fraction of sp³-hybridized carbons (Fsp3) is 0.212. The highest BCUT2D eigenvalue weighted by atomic mass is 16.3. The molecule has 3 aromatic carbocycles. The van der Waals surface area contributed by atoms with Crippen LogP contribution in [0.15, 0.2) is 97.3 Å². The van der Waals surface area contributed by atoms with E-state index in [-0.39, 0.29) is 30.7 Å². The number of aliphatic hydroxyl groups excluding tert-OH is 1. The number of aromatic nitrogens is 2. The molecule has 0 radical (unpaired) electrons. The van der Waals surface area contributed by atoms with E-state index in [1.807, 2.05) is 77.7 Å². The Kier molecular flexibility index (Phi) is 7.31. The quantitative estimate of drug-likeness (QED) is 0.279. The zero-order valence-electron chi connectivity index (χ0n) is 22.2. The van der Waals surface area contributed by atoms with E-state index in [2.05, 4.69) is 27.0 Å². The van der Waals surface area contributed by atoms with Crippen LogP contribution in [0.5, 0.6) is 5.75 Å². The fourth-order valence-electron chi connectivity index (χ4n) is 5.58. The lowest BCUT2D eigenvalue weighted by Crippen LogP contribution is -2.56. The van der Waals surface area contributed by atoms with E-state index in [9.17, 15) is 15.0 Å². The zero-order chi connectivity index (χ0) is 27.5. The molecule has 0 bridgehead atoms. The topological polar surface area (TPSA) is 92.7 Å². The molecule has 0 saturated carbocycles. The lowest BCUT2D eigenvalue weighted by atomic mass is 9.98. The average Bonchev–Trinajstić information content (AvgIpc) is 3.42. The highest BCUT2D eigenvalue weighted by molar-refractivity contribution is 5.89. The molecule has 1 fully saturated rings. The lowest BCUT2D eigenvalue weighted by Gasteiger charge is -2.41. The van der Waals surface area contributed by atoms with E-state index in [1.54, 1.807) is 12.4 Å². The highest BCUT2D eigenvalue weighted by Gasteiger charge is 2.30. The minimum Gasteiger partial charge on any atom is -0.507 e. The number of fused-ring (bicyclic) bond motifs is 1. The van der Waals surface area contributed by atoms with E-state index in [0.29, 0.717) is 13.1 Å². The number of aromatic hydroxyl groups is 1. The smallest absolute Gasteiger partial charge is 0.227 e. The Morgan fingerprint density at radius 3 is 2.50 bits per heavy atom. The third kappa shape index (κ3) is 5.34. The number of phenolic OH excluding ortho intramolecular Hbond substituents is 1. The normalized spacial score (nSPS) is 15.9. The molecule has 7 nitrogen and oxygen atoms in total. The summed E-state index contributed by atoms with van der Waals surface area (Å²) in [6, 6.07) is 27.4. The van der Waals surface area contributed by atoms with Crippen LogP contribution in [0, 0.1) is 0 Å². The van der Waals surface area contributed by atoms with Crippen LogP contribution in [-0.4, -0.2) is 68.2 Å². The molecule has 3 N–H and O–H groups in total. The first-order valence-corrected chi connectivity index (χ1v) is 13.6. The van der Waals surface area contributed by atoms with Crippen molar-refractivity contribution >= 4 is 16.8 Å². The molecule has 6 rings (SSSR count). The van der Waals surface area contributed by atoms with Gasteiger partial charge in [0.05, 0.1) is 24.8 Å². The van der Waals surface area contributed by atoms with Gasteiger partial charge in [0.2, 0.25) is 5.91 Å². The summed E-state index contributed by atoms with van der Waals surface area (Å²) in [6.45, 7) is 2.78. The molecular weight excluding hydrogens is 500 g/mol. The number of piperazine rings is 1. The van der Waals surface area contributed by atoms with Crippen LogP contribution in [0.2, 0.25) is 0 Å². The van der Waals surface area contributed by atoms with Crippen molar-refractivity contribution in [3.05, 3.63) is 108 Å². The zero-order valence-corrected chi connectivity index (χ0v) is 22.2. The Balaban J connectivity index is 1.13. The number of para-hydroxylation sites is 1. The van der Waals surface area contributed by atoms with Crippen molar-refractivity contribution in [1.29, 1.82) is 0 Å². The number of carbonyl (C=O) groups is 1. The third-order valence-electron chi connectivity index (χ3n) is 7.71. The van der Waals surface area contributed by atoms with E-state index in [1.165, 1.54) is 5.56 Å². The van der Waals surface area contributed by atoms with Crippen molar-refractivity contribution in [3.63, 3.8) is 0 Å². The lowest BCUT2D eigenvalue weighted by molar-refractivity contribution is -0.136. The number of nitrogens with zero attached hydrogens (tertiary/aromatic N) is 3. The third-order valence-corrected chi connectivity index (χ3v) is 7.71. The summed E-state index contributed by atoms with van der Waals surface area (Å²) in [4.78, 5) is 24.9. The van der Waals surface area contributed by atoms with Crippen LogP contribution in [-0.2, 0) is 17.8 Å². The van der Waals surface area contributed by atoms with Gasteiger partial charge >= 0.3 is 0 Å². The molecular formula is C33H32N4O3. The first kappa shape index (κ1) is 25.8. The molecule has 1 aliphatic heterocycles. The number of aliphatic hydroxyl groups is 1. The van der Waals surface area contributed by atoms with Gasteiger partial charge in [-0.1, -0.05) is 66.7 Å². The monoisotopic (exact) mass is 532 g/mol. The van der Waals surface area contributed by atoms with Gasteiger partial charge < -0.3 is 20.1 Å². The minimum atomic E-state index is -0.218. The molecule has 1 unspecified atom stereocenters. The second-order valence-electron chi connectivity index (χ2n) is 10.4. The van der Waals surface area contributed by atoms with Crippen molar-refractivity contribution in [2.45, 2.75) is 19.0 Å².